The van der Waals surface area contributed by atoms with E-state index in [4.69, 9.17) is 4.74 Å². The fourth-order valence-electron chi connectivity index (χ4n) is 0.701. The Bertz CT molecular complexity index is 161. The molecule has 0 aromatic rings. The Balaban J connectivity index is 3.64. The first kappa shape index (κ1) is 12.4. The van der Waals surface area contributed by atoms with Crippen molar-refractivity contribution in [2.75, 3.05) is 6.61 Å². The highest BCUT2D eigenvalue weighted by atomic mass is 16.5. The van der Waals surface area contributed by atoms with E-state index in [1.165, 1.54) is 0 Å². The summed E-state index contributed by atoms with van der Waals surface area (Å²) in [6, 6.07) is 0.232. The predicted octanol–water partition coefficient (Wildman–Crippen LogP) is 1.72. The minimum absolute atomic E-state index is 0.0377. The average Bonchev–Trinajstić information content (AvgIpc) is 1.99. The van der Waals surface area contributed by atoms with Crippen LogP contribution >= 0.6 is 0 Å². The predicted molar refractivity (Wildman–Crippen MR) is 53.6 cm³/mol. The average molecular weight is 187 g/mol. The van der Waals surface area contributed by atoms with Crippen molar-refractivity contribution in [2.24, 2.45) is 0 Å². The Morgan fingerprint density at radius 2 is 2.00 bits per heavy atom. The quantitative estimate of drug-likeness (QED) is 0.727. The standard InChI is InChI=1S/C10H21NO2/c1-6-8(2)11-9(12)7-13-10(3,4)5/h8H,6-7H2,1-5H3,(H,11,12). The maximum Gasteiger partial charge on any atom is 0.246 e. The normalized spacial score (nSPS) is 13.9. The van der Waals surface area contributed by atoms with Crippen LogP contribution in [0.3, 0.4) is 0 Å². The van der Waals surface area contributed by atoms with Gasteiger partial charge in [0.05, 0.1) is 5.60 Å². The number of hydrogen-bond acceptors (Lipinski definition) is 2. The molecule has 1 unspecified atom stereocenters. The Morgan fingerprint density at radius 1 is 1.46 bits per heavy atom. The number of carbonyl (C=O) groups is 1. The molecular formula is C10H21NO2. The number of hydrogen-bond donors (Lipinski definition) is 1. The van der Waals surface area contributed by atoms with Crippen molar-refractivity contribution in [3.63, 3.8) is 0 Å². The molecule has 0 fully saturated rings. The topological polar surface area (TPSA) is 38.3 Å². The van der Waals surface area contributed by atoms with E-state index in [1.807, 2.05) is 34.6 Å². The van der Waals surface area contributed by atoms with E-state index < -0.39 is 0 Å². The van der Waals surface area contributed by atoms with E-state index in [-0.39, 0.29) is 24.2 Å². The molecular weight excluding hydrogens is 166 g/mol. The molecule has 0 saturated carbocycles. The van der Waals surface area contributed by atoms with E-state index in [9.17, 15) is 4.79 Å². The summed E-state index contributed by atoms with van der Waals surface area (Å²) in [5.41, 5.74) is -0.243. The van der Waals surface area contributed by atoms with E-state index in [2.05, 4.69) is 5.32 Å². The number of amides is 1. The fraction of sp³-hybridized carbons (Fsp3) is 0.900. The molecule has 0 heterocycles. The lowest BCUT2D eigenvalue weighted by Gasteiger charge is -2.20. The first-order chi connectivity index (χ1) is 5.85. The molecule has 0 radical (unpaired) electrons. The van der Waals surface area contributed by atoms with Gasteiger partial charge in [0.1, 0.15) is 6.61 Å². The molecule has 0 saturated heterocycles. The van der Waals surface area contributed by atoms with E-state index >= 15 is 0 Å². The molecule has 78 valence electrons. The van der Waals surface area contributed by atoms with Crippen LogP contribution in [0.5, 0.6) is 0 Å². The second-order valence-electron chi connectivity index (χ2n) is 4.28. The smallest absolute Gasteiger partial charge is 0.246 e. The van der Waals surface area contributed by atoms with Crippen LogP contribution in [0.2, 0.25) is 0 Å². The summed E-state index contributed by atoms with van der Waals surface area (Å²) in [6.07, 6.45) is 0.946. The molecule has 3 nitrogen and oxygen atoms in total. The Labute approximate surface area is 80.8 Å². The van der Waals surface area contributed by atoms with E-state index in [0.29, 0.717) is 0 Å². The zero-order chi connectivity index (χ0) is 10.5. The van der Waals surface area contributed by atoms with Crippen LogP contribution in [0.1, 0.15) is 41.0 Å². The molecule has 0 rings (SSSR count). The van der Waals surface area contributed by atoms with Crippen LogP contribution in [0.25, 0.3) is 0 Å². The van der Waals surface area contributed by atoms with Crippen LogP contribution in [-0.4, -0.2) is 24.2 Å². The highest BCUT2D eigenvalue weighted by Gasteiger charge is 2.13. The van der Waals surface area contributed by atoms with Gasteiger partial charge >= 0.3 is 0 Å². The largest absolute Gasteiger partial charge is 0.366 e. The number of ether oxygens (including phenoxy) is 1. The monoisotopic (exact) mass is 187 g/mol. The molecule has 1 atom stereocenters. The van der Waals surface area contributed by atoms with Gasteiger partial charge in [0.25, 0.3) is 0 Å². The van der Waals surface area contributed by atoms with Crippen LogP contribution < -0.4 is 5.32 Å². The maximum atomic E-state index is 11.2. The van der Waals surface area contributed by atoms with Gasteiger partial charge in [0.2, 0.25) is 5.91 Å². The SMILES string of the molecule is CCC(C)NC(=O)COC(C)(C)C. The summed E-state index contributed by atoms with van der Waals surface area (Å²) in [5.74, 6) is -0.0377. The summed E-state index contributed by atoms with van der Waals surface area (Å²) in [7, 11) is 0. The van der Waals surface area contributed by atoms with Gasteiger partial charge in [0, 0.05) is 6.04 Å². The van der Waals surface area contributed by atoms with Crippen molar-refractivity contribution in [1.82, 2.24) is 5.32 Å². The highest BCUT2D eigenvalue weighted by Crippen LogP contribution is 2.05. The van der Waals surface area contributed by atoms with Crippen molar-refractivity contribution < 1.29 is 9.53 Å². The molecule has 3 heteroatoms. The van der Waals surface area contributed by atoms with Crippen LogP contribution in [0.4, 0.5) is 0 Å². The van der Waals surface area contributed by atoms with Crippen molar-refractivity contribution in [3.05, 3.63) is 0 Å². The molecule has 0 aliphatic rings. The molecule has 1 amide bonds. The lowest BCUT2D eigenvalue weighted by molar-refractivity contribution is -0.131. The number of rotatable bonds is 4. The Kier molecular flexibility index (Phi) is 4.99. The van der Waals surface area contributed by atoms with Crippen molar-refractivity contribution >= 4 is 5.91 Å². The molecule has 13 heavy (non-hydrogen) atoms. The zero-order valence-electron chi connectivity index (χ0n) is 9.31. The maximum absolute atomic E-state index is 11.2. The molecule has 0 aromatic carbocycles. The van der Waals surface area contributed by atoms with Gasteiger partial charge in [-0.2, -0.15) is 0 Å². The summed E-state index contributed by atoms with van der Waals surface area (Å²) in [6.45, 7) is 9.97. The van der Waals surface area contributed by atoms with E-state index in [0.717, 1.165) is 6.42 Å². The third kappa shape index (κ3) is 7.78. The van der Waals surface area contributed by atoms with Crippen molar-refractivity contribution in [2.45, 2.75) is 52.7 Å². The number of nitrogens with one attached hydrogen (secondary N) is 1. The second kappa shape index (κ2) is 5.22. The zero-order valence-corrected chi connectivity index (χ0v) is 9.31. The van der Waals surface area contributed by atoms with Gasteiger partial charge in [-0.1, -0.05) is 6.92 Å². The third-order valence-electron chi connectivity index (χ3n) is 1.66. The highest BCUT2D eigenvalue weighted by molar-refractivity contribution is 5.77. The first-order valence-corrected chi connectivity index (χ1v) is 4.78. The molecule has 0 spiro atoms. The third-order valence-corrected chi connectivity index (χ3v) is 1.66. The van der Waals surface area contributed by atoms with Crippen LogP contribution in [0.15, 0.2) is 0 Å². The molecule has 0 bridgehead atoms. The molecule has 0 aliphatic heterocycles. The summed E-state index contributed by atoms with van der Waals surface area (Å²) >= 11 is 0. The summed E-state index contributed by atoms with van der Waals surface area (Å²) in [4.78, 5) is 11.2. The molecule has 0 aliphatic carbocycles. The Morgan fingerprint density at radius 3 is 2.38 bits per heavy atom. The minimum Gasteiger partial charge on any atom is -0.366 e. The molecule has 0 aromatic heterocycles. The Hall–Kier alpha value is -0.570. The minimum atomic E-state index is -0.243. The lowest BCUT2D eigenvalue weighted by atomic mass is 10.2. The van der Waals surface area contributed by atoms with Gasteiger partial charge in [-0.05, 0) is 34.1 Å². The molecule has 1 N–H and O–H groups in total. The van der Waals surface area contributed by atoms with Crippen LogP contribution in [-0.2, 0) is 9.53 Å². The van der Waals surface area contributed by atoms with Gasteiger partial charge in [-0.25, -0.2) is 0 Å². The lowest BCUT2D eigenvalue weighted by Crippen LogP contribution is -2.37. The second-order valence-corrected chi connectivity index (χ2v) is 4.28. The van der Waals surface area contributed by atoms with Gasteiger partial charge in [-0.15, -0.1) is 0 Å². The van der Waals surface area contributed by atoms with Crippen LogP contribution in [0, 0.1) is 0 Å². The van der Waals surface area contributed by atoms with Gasteiger partial charge < -0.3 is 10.1 Å². The summed E-state index contributed by atoms with van der Waals surface area (Å²) < 4.78 is 5.32. The summed E-state index contributed by atoms with van der Waals surface area (Å²) in [5, 5.41) is 2.84. The van der Waals surface area contributed by atoms with Crippen molar-refractivity contribution in [3.8, 4) is 0 Å². The van der Waals surface area contributed by atoms with Crippen molar-refractivity contribution in [1.29, 1.82) is 0 Å². The number of carbonyl (C=O) groups excluding carboxylic acids is 1. The fourth-order valence-corrected chi connectivity index (χ4v) is 0.701. The van der Waals surface area contributed by atoms with Gasteiger partial charge in [0.15, 0.2) is 0 Å². The van der Waals surface area contributed by atoms with Gasteiger partial charge in [-0.3, -0.25) is 4.79 Å². The first-order valence-electron chi connectivity index (χ1n) is 4.78. The van der Waals surface area contributed by atoms with E-state index in [1.54, 1.807) is 0 Å².